The van der Waals surface area contributed by atoms with Crippen LogP contribution < -0.4 is 10.1 Å². The number of aromatic nitrogens is 3. The summed E-state index contributed by atoms with van der Waals surface area (Å²) >= 11 is 1.40. The molecule has 1 aliphatic rings. The van der Waals surface area contributed by atoms with Crippen LogP contribution in [0.15, 0.2) is 28.5 Å². The molecule has 0 aliphatic carbocycles. The summed E-state index contributed by atoms with van der Waals surface area (Å²) in [7, 11) is -1.05. The lowest BCUT2D eigenvalue weighted by Crippen LogP contribution is -2.36. The molecule has 1 N–H and O–H groups in total. The third kappa shape index (κ3) is 6.71. The van der Waals surface area contributed by atoms with Crippen LogP contribution in [0.5, 0.6) is 5.88 Å². The molecule has 0 saturated heterocycles. The van der Waals surface area contributed by atoms with Gasteiger partial charge in [0.1, 0.15) is 17.2 Å². The highest BCUT2D eigenvalue weighted by molar-refractivity contribution is 7.99. The summed E-state index contributed by atoms with van der Waals surface area (Å²) in [6.45, 7) is 10.5. The molecule has 0 bridgehead atoms. The number of carbonyl (C=O) groups is 1. The molecule has 0 saturated carbocycles. The maximum atomic E-state index is 12.6. The largest absolute Gasteiger partial charge is 0.466 e. The SMILES string of the molecule is C=Nc1ccc(OCC(=O)OCC)nc1SCNc1ncnc2c1CN(S(=O)C(C)C)CC2. The molecule has 1 aliphatic heterocycles. The Hall–Kier alpha value is -2.57. The molecule has 12 heteroatoms. The van der Waals surface area contributed by atoms with Gasteiger partial charge in [0, 0.05) is 36.4 Å². The maximum absolute atomic E-state index is 12.6. The van der Waals surface area contributed by atoms with Crippen LogP contribution in [0, 0.1) is 0 Å². The summed E-state index contributed by atoms with van der Waals surface area (Å²) in [6, 6.07) is 3.36. The quantitative estimate of drug-likeness (QED) is 0.218. The average molecular weight is 493 g/mol. The molecular formula is C21H28N6O4S2. The summed E-state index contributed by atoms with van der Waals surface area (Å²) in [5, 5.41) is 3.97. The Morgan fingerprint density at radius 2 is 2.21 bits per heavy atom. The first-order valence-corrected chi connectivity index (χ1v) is 12.7. The third-order valence-electron chi connectivity index (χ3n) is 4.70. The minimum Gasteiger partial charge on any atom is -0.466 e. The van der Waals surface area contributed by atoms with E-state index < -0.39 is 17.0 Å². The number of hydrogen-bond acceptors (Lipinski definition) is 10. The highest BCUT2D eigenvalue weighted by Crippen LogP contribution is 2.31. The second-order valence-electron chi connectivity index (χ2n) is 7.28. The first-order valence-electron chi connectivity index (χ1n) is 10.5. The van der Waals surface area contributed by atoms with Gasteiger partial charge in [-0.05, 0) is 33.6 Å². The molecule has 2 aromatic heterocycles. The Balaban J connectivity index is 1.66. The number of hydrogen-bond donors (Lipinski definition) is 1. The molecule has 1 atom stereocenters. The van der Waals surface area contributed by atoms with E-state index in [0.717, 1.165) is 17.7 Å². The number of rotatable bonds is 11. The van der Waals surface area contributed by atoms with Crippen molar-refractivity contribution >= 4 is 46.9 Å². The van der Waals surface area contributed by atoms with E-state index in [2.05, 4.69) is 32.0 Å². The Bertz CT molecular complexity index is 1020. The van der Waals surface area contributed by atoms with Crippen molar-refractivity contribution in [1.82, 2.24) is 19.3 Å². The molecule has 0 amide bonds. The van der Waals surface area contributed by atoms with E-state index in [4.69, 9.17) is 9.47 Å². The molecule has 0 fully saturated rings. The molecule has 3 rings (SSSR count). The van der Waals surface area contributed by atoms with Crippen LogP contribution in [0.3, 0.4) is 0 Å². The van der Waals surface area contributed by atoms with Gasteiger partial charge in [-0.25, -0.2) is 28.3 Å². The molecule has 3 heterocycles. The van der Waals surface area contributed by atoms with Crippen molar-refractivity contribution in [2.24, 2.45) is 4.99 Å². The van der Waals surface area contributed by atoms with Gasteiger partial charge in [-0.1, -0.05) is 11.8 Å². The van der Waals surface area contributed by atoms with E-state index in [1.54, 1.807) is 25.4 Å². The zero-order chi connectivity index (χ0) is 23.8. The van der Waals surface area contributed by atoms with E-state index >= 15 is 0 Å². The maximum Gasteiger partial charge on any atom is 0.344 e. The topological polar surface area (TPSA) is 119 Å². The minimum atomic E-state index is -1.05. The molecule has 0 spiro atoms. The van der Waals surface area contributed by atoms with Gasteiger partial charge in [-0.15, -0.1) is 0 Å². The number of nitrogens with zero attached hydrogens (tertiary/aromatic N) is 5. The molecule has 0 radical (unpaired) electrons. The van der Waals surface area contributed by atoms with E-state index in [1.165, 1.54) is 11.8 Å². The summed E-state index contributed by atoms with van der Waals surface area (Å²) in [4.78, 5) is 28.7. The van der Waals surface area contributed by atoms with Crippen LogP contribution in [-0.2, 0) is 33.5 Å². The number of thioether (sulfide) groups is 1. The lowest BCUT2D eigenvalue weighted by Gasteiger charge is -2.29. The number of anilines is 1. The molecular weight excluding hydrogens is 464 g/mol. The van der Waals surface area contributed by atoms with Crippen LogP contribution in [0.4, 0.5) is 11.5 Å². The molecule has 10 nitrogen and oxygen atoms in total. The van der Waals surface area contributed by atoms with Crippen molar-refractivity contribution in [3.8, 4) is 5.88 Å². The monoisotopic (exact) mass is 492 g/mol. The first kappa shape index (κ1) is 25.1. The van der Waals surface area contributed by atoms with Gasteiger partial charge in [-0.3, -0.25) is 4.99 Å². The van der Waals surface area contributed by atoms with Crippen LogP contribution in [0.2, 0.25) is 0 Å². The average Bonchev–Trinajstić information content (AvgIpc) is 2.82. The van der Waals surface area contributed by atoms with Gasteiger partial charge in [0.05, 0.1) is 34.9 Å². The third-order valence-corrected chi connectivity index (χ3v) is 7.19. The van der Waals surface area contributed by atoms with E-state index in [0.29, 0.717) is 48.0 Å². The normalized spacial score (nSPS) is 14.4. The molecule has 178 valence electrons. The van der Waals surface area contributed by atoms with E-state index in [-0.39, 0.29) is 11.9 Å². The number of carbonyl (C=O) groups excluding carboxylic acids is 1. The second-order valence-corrected chi connectivity index (χ2v) is 10.3. The van der Waals surface area contributed by atoms with Crippen LogP contribution in [-0.4, -0.2) is 67.0 Å². The first-order chi connectivity index (χ1) is 15.9. The van der Waals surface area contributed by atoms with Gasteiger partial charge in [0.25, 0.3) is 0 Å². The van der Waals surface area contributed by atoms with Crippen molar-refractivity contribution in [3.05, 3.63) is 29.7 Å². The number of fused-ring (bicyclic) bond motifs is 1. The number of nitrogens with one attached hydrogen (secondary N) is 1. The Morgan fingerprint density at radius 1 is 1.39 bits per heavy atom. The number of ether oxygens (including phenoxy) is 2. The number of esters is 1. The number of aliphatic imine (C=N–C) groups is 1. The highest BCUT2D eigenvalue weighted by Gasteiger charge is 2.25. The molecule has 1 unspecified atom stereocenters. The Morgan fingerprint density at radius 3 is 2.94 bits per heavy atom. The summed E-state index contributed by atoms with van der Waals surface area (Å²) < 4.78 is 24.8. The number of pyridine rings is 1. The minimum absolute atomic E-state index is 0.0531. The predicted octanol–water partition coefficient (Wildman–Crippen LogP) is 2.74. The molecule has 2 aromatic rings. The van der Waals surface area contributed by atoms with Crippen molar-refractivity contribution < 1.29 is 18.5 Å². The standard InChI is InChI=1S/C21H28N6O4S2/c1-5-30-19(28)11-31-18-7-6-17(22-4)21(26-18)32-13-25-20-15-10-27(33(29)14(2)3)9-8-16(15)23-12-24-20/h6-7,12,14H,4-5,8-11,13H2,1-3H3,(H,23,24,25). The van der Waals surface area contributed by atoms with Crippen molar-refractivity contribution in [2.45, 2.75) is 44.0 Å². The van der Waals surface area contributed by atoms with Gasteiger partial charge >= 0.3 is 5.97 Å². The van der Waals surface area contributed by atoms with Crippen molar-refractivity contribution in [1.29, 1.82) is 0 Å². The van der Waals surface area contributed by atoms with Gasteiger partial charge < -0.3 is 14.8 Å². The highest BCUT2D eigenvalue weighted by atomic mass is 32.2. The fourth-order valence-corrected chi connectivity index (χ4v) is 5.06. The molecule has 33 heavy (non-hydrogen) atoms. The second kappa shape index (κ2) is 12.1. The fourth-order valence-electron chi connectivity index (χ4n) is 3.15. The van der Waals surface area contributed by atoms with E-state index in [1.807, 2.05) is 18.2 Å². The van der Waals surface area contributed by atoms with Gasteiger partial charge in [-0.2, -0.15) is 0 Å². The summed E-state index contributed by atoms with van der Waals surface area (Å²) in [5.41, 5.74) is 2.53. The Labute approximate surface area is 200 Å². The van der Waals surface area contributed by atoms with Crippen LogP contribution >= 0.6 is 11.8 Å². The van der Waals surface area contributed by atoms with Crippen LogP contribution in [0.1, 0.15) is 32.0 Å². The van der Waals surface area contributed by atoms with E-state index in [9.17, 15) is 9.00 Å². The smallest absolute Gasteiger partial charge is 0.344 e. The Kier molecular flexibility index (Phi) is 9.15. The zero-order valence-electron chi connectivity index (χ0n) is 18.9. The predicted molar refractivity (Wildman–Crippen MR) is 129 cm³/mol. The van der Waals surface area contributed by atoms with Gasteiger partial charge in [0.15, 0.2) is 6.61 Å². The van der Waals surface area contributed by atoms with Crippen molar-refractivity contribution in [2.75, 3.05) is 31.0 Å². The summed E-state index contributed by atoms with van der Waals surface area (Å²) in [6.07, 6.45) is 2.27. The summed E-state index contributed by atoms with van der Waals surface area (Å²) in [5.74, 6) is 1.00. The fraction of sp³-hybridized carbons (Fsp3) is 0.476. The van der Waals surface area contributed by atoms with Crippen LogP contribution in [0.25, 0.3) is 0 Å². The van der Waals surface area contributed by atoms with Crippen molar-refractivity contribution in [3.63, 3.8) is 0 Å². The van der Waals surface area contributed by atoms with Gasteiger partial charge in [0.2, 0.25) is 5.88 Å². The lowest BCUT2D eigenvalue weighted by atomic mass is 10.1. The lowest BCUT2D eigenvalue weighted by molar-refractivity contribution is -0.145. The molecule has 0 aromatic carbocycles. The zero-order valence-corrected chi connectivity index (χ0v) is 20.6.